The van der Waals surface area contributed by atoms with Gasteiger partial charge < -0.3 is 0 Å². The van der Waals surface area contributed by atoms with Crippen LogP contribution < -0.4 is 0 Å². The largest absolute Gasteiger partial charge is 0.256 e. The molecule has 0 atom stereocenters. The van der Waals surface area contributed by atoms with Crippen LogP contribution in [0.1, 0.15) is 33.4 Å². The first kappa shape index (κ1) is 32.7. The highest BCUT2D eigenvalue weighted by molar-refractivity contribution is 6.26. The van der Waals surface area contributed by atoms with E-state index < -0.39 is 0 Å². The Bertz CT molecular complexity index is 2340. The second-order valence-electron chi connectivity index (χ2n) is 13.3. The summed E-state index contributed by atoms with van der Waals surface area (Å²) in [5, 5.41) is 0. The molecule has 0 amide bonds. The minimum absolute atomic E-state index is 0.941. The van der Waals surface area contributed by atoms with Gasteiger partial charge in [0.1, 0.15) is 0 Å². The van der Waals surface area contributed by atoms with E-state index in [2.05, 4.69) is 194 Å². The number of nitrogens with zero attached hydrogens (tertiary/aromatic N) is 2. The van der Waals surface area contributed by atoms with Gasteiger partial charge in [0.25, 0.3) is 0 Å². The Morgan fingerprint density at radius 3 is 0.796 bits per heavy atom. The Kier molecular flexibility index (Phi) is 8.99. The lowest BCUT2D eigenvalue weighted by Gasteiger charge is -2.37. The Morgan fingerprint density at radius 2 is 0.537 bits per heavy atom. The number of rotatable bonds is 8. The van der Waals surface area contributed by atoms with Crippen LogP contribution in [-0.4, -0.2) is 9.97 Å². The third-order valence-corrected chi connectivity index (χ3v) is 9.99. The van der Waals surface area contributed by atoms with Gasteiger partial charge in [-0.3, -0.25) is 9.97 Å². The predicted molar refractivity (Wildman–Crippen MR) is 224 cm³/mol. The van der Waals surface area contributed by atoms with Gasteiger partial charge in [-0.1, -0.05) is 194 Å². The van der Waals surface area contributed by atoms with Crippen LogP contribution in [0.2, 0.25) is 0 Å². The third kappa shape index (κ3) is 6.31. The summed E-state index contributed by atoms with van der Waals surface area (Å²) in [6, 6.07) is 72.6. The van der Waals surface area contributed by atoms with Gasteiger partial charge in [0.05, 0.1) is 11.4 Å². The Hall–Kier alpha value is -7.16. The van der Waals surface area contributed by atoms with Crippen molar-refractivity contribution in [1.82, 2.24) is 9.97 Å². The van der Waals surface area contributed by atoms with Crippen molar-refractivity contribution in [3.63, 3.8) is 0 Å². The lowest BCUT2D eigenvalue weighted by molar-refractivity contribution is 1.27. The lowest BCUT2D eigenvalue weighted by Crippen LogP contribution is -2.17. The highest BCUT2D eigenvalue weighted by Crippen LogP contribution is 2.58. The van der Waals surface area contributed by atoms with Crippen molar-refractivity contribution in [3.8, 4) is 22.5 Å². The predicted octanol–water partition coefficient (Wildman–Crippen LogP) is 12.7. The summed E-state index contributed by atoms with van der Waals surface area (Å²) < 4.78 is 0. The van der Waals surface area contributed by atoms with E-state index >= 15 is 0 Å². The molecular formula is C52H36N2. The molecule has 8 aromatic rings. The maximum absolute atomic E-state index is 5.07. The number of allylic oxidation sites excluding steroid dienone is 4. The van der Waals surface area contributed by atoms with Crippen LogP contribution in [0.4, 0.5) is 0 Å². The topological polar surface area (TPSA) is 25.8 Å². The molecule has 0 radical (unpaired) electrons. The molecular weight excluding hydrogens is 653 g/mol. The van der Waals surface area contributed by atoms with E-state index in [1.54, 1.807) is 0 Å². The fraction of sp³-hybridized carbons (Fsp3) is 0. The second-order valence-corrected chi connectivity index (χ2v) is 13.3. The van der Waals surface area contributed by atoms with Crippen molar-refractivity contribution in [1.29, 1.82) is 0 Å². The summed E-state index contributed by atoms with van der Waals surface area (Å²) >= 11 is 0. The average Bonchev–Trinajstić information content (AvgIpc) is 3.26. The van der Waals surface area contributed by atoms with Gasteiger partial charge in [-0.15, -0.1) is 0 Å². The van der Waals surface area contributed by atoms with Gasteiger partial charge >= 0.3 is 0 Å². The molecule has 0 aliphatic heterocycles. The van der Waals surface area contributed by atoms with Crippen molar-refractivity contribution in [2.75, 3.05) is 0 Å². The first-order valence-corrected chi connectivity index (χ1v) is 18.3. The van der Waals surface area contributed by atoms with Gasteiger partial charge in [0.15, 0.2) is 0 Å². The molecule has 254 valence electrons. The lowest BCUT2D eigenvalue weighted by atomic mass is 9.65. The van der Waals surface area contributed by atoms with Crippen molar-refractivity contribution < 1.29 is 0 Å². The van der Waals surface area contributed by atoms with Crippen molar-refractivity contribution >= 4 is 22.3 Å². The van der Waals surface area contributed by atoms with Crippen molar-refractivity contribution in [2.24, 2.45) is 0 Å². The molecule has 0 saturated carbocycles. The number of hydrogen-bond acceptors (Lipinski definition) is 2. The molecule has 0 spiro atoms. The van der Waals surface area contributed by atoms with Crippen LogP contribution in [-0.2, 0) is 0 Å². The SMILES string of the molecule is c1ccc(C(=C2C(=C(c3ccccc3)c3ccccc3)C(c3ccc(-c4ccccc4)nc3)=C2c2ccc(-c3ccccc3)nc2)c2ccccc2)cc1. The highest BCUT2D eigenvalue weighted by Gasteiger charge is 2.38. The fourth-order valence-corrected chi connectivity index (χ4v) is 7.49. The van der Waals surface area contributed by atoms with E-state index in [9.17, 15) is 0 Å². The maximum Gasteiger partial charge on any atom is 0.0702 e. The maximum atomic E-state index is 5.07. The second kappa shape index (κ2) is 14.8. The molecule has 0 saturated heterocycles. The van der Waals surface area contributed by atoms with Crippen LogP contribution in [0.5, 0.6) is 0 Å². The van der Waals surface area contributed by atoms with Crippen molar-refractivity contribution in [2.45, 2.75) is 0 Å². The summed E-state index contributed by atoms with van der Waals surface area (Å²) in [6.45, 7) is 0. The Morgan fingerprint density at radius 1 is 0.259 bits per heavy atom. The molecule has 2 heterocycles. The molecule has 0 unspecified atom stereocenters. The van der Waals surface area contributed by atoms with Gasteiger partial charge in [-0.2, -0.15) is 0 Å². The molecule has 54 heavy (non-hydrogen) atoms. The zero-order chi connectivity index (χ0) is 36.1. The molecule has 2 aromatic heterocycles. The molecule has 0 fully saturated rings. The van der Waals surface area contributed by atoms with Gasteiger partial charge in [0, 0.05) is 45.8 Å². The number of hydrogen-bond donors (Lipinski definition) is 0. The molecule has 0 N–H and O–H groups in total. The van der Waals surface area contributed by atoms with Crippen molar-refractivity contribution in [3.05, 3.63) is 263 Å². The van der Waals surface area contributed by atoms with Crippen LogP contribution in [0.15, 0.2) is 230 Å². The normalized spacial score (nSPS) is 12.3. The summed E-state index contributed by atoms with van der Waals surface area (Å²) in [6.07, 6.45) is 4.08. The Labute approximate surface area is 316 Å². The minimum Gasteiger partial charge on any atom is -0.256 e. The van der Waals surface area contributed by atoms with Crippen LogP contribution in [0.3, 0.4) is 0 Å². The quantitative estimate of drug-likeness (QED) is 0.159. The molecule has 9 rings (SSSR count). The van der Waals surface area contributed by atoms with Gasteiger partial charge in [-0.25, -0.2) is 0 Å². The average molecular weight is 689 g/mol. The summed E-state index contributed by atoms with van der Waals surface area (Å²) in [5.41, 5.74) is 17.8. The summed E-state index contributed by atoms with van der Waals surface area (Å²) in [7, 11) is 0. The highest BCUT2D eigenvalue weighted by atomic mass is 14.7. The molecule has 2 nitrogen and oxygen atoms in total. The van der Waals surface area contributed by atoms with Crippen LogP contribution >= 0.6 is 0 Å². The molecule has 1 aliphatic carbocycles. The smallest absolute Gasteiger partial charge is 0.0702 e. The fourth-order valence-electron chi connectivity index (χ4n) is 7.49. The van der Waals surface area contributed by atoms with Gasteiger partial charge in [0.2, 0.25) is 0 Å². The third-order valence-electron chi connectivity index (χ3n) is 9.99. The zero-order valence-electron chi connectivity index (χ0n) is 29.7. The summed E-state index contributed by atoms with van der Waals surface area (Å²) in [4.78, 5) is 10.1. The molecule has 0 bridgehead atoms. The molecule has 2 heteroatoms. The van der Waals surface area contributed by atoms with E-state index in [-0.39, 0.29) is 0 Å². The van der Waals surface area contributed by atoms with E-state index in [1.165, 1.54) is 22.3 Å². The zero-order valence-corrected chi connectivity index (χ0v) is 29.7. The molecule has 6 aromatic carbocycles. The number of benzene rings is 6. The van der Waals surface area contributed by atoms with E-state index in [4.69, 9.17) is 9.97 Å². The first-order valence-electron chi connectivity index (χ1n) is 18.3. The van der Waals surface area contributed by atoms with Crippen LogP contribution in [0.25, 0.3) is 44.8 Å². The number of aromatic nitrogens is 2. The van der Waals surface area contributed by atoms with E-state index in [1.807, 2.05) is 24.5 Å². The number of pyridine rings is 2. The van der Waals surface area contributed by atoms with Gasteiger partial charge in [-0.05, 0) is 56.7 Å². The van der Waals surface area contributed by atoms with Crippen LogP contribution in [0, 0.1) is 0 Å². The molecule has 1 aliphatic rings. The summed E-state index contributed by atoms with van der Waals surface area (Å²) in [5.74, 6) is 0. The van der Waals surface area contributed by atoms with E-state index in [0.29, 0.717) is 0 Å². The first-order chi connectivity index (χ1) is 26.8. The van der Waals surface area contributed by atoms with E-state index in [0.717, 1.165) is 67.0 Å². The minimum atomic E-state index is 0.941. The Balaban J connectivity index is 1.41. The monoisotopic (exact) mass is 688 g/mol. The standard InChI is InChI=1S/C52H36N2/c1-7-19-37(20-8-1)45-33-31-43(35-53-45)49-50(44-32-34-46(54-36-44)38-21-9-2-10-22-38)52(48(41-27-15-5-16-28-41)42-29-17-6-18-30-42)51(49)47(39-23-11-3-12-24-39)40-25-13-4-14-26-40/h1-36H.